The lowest BCUT2D eigenvalue weighted by Gasteiger charge is -2.11. The first-order valence-corrected chi connectivity index (χ1v) is 6.24. The molecule has 1 atom stereocenters. The summed E-state index contributed by atoms with van der Waals surface area (Å²) in [7, 11) is -2.18. The molecule has 0 rings (SSSR count). The molecule has 0 saturated carbocycles. The van der Waals surface area contributed by atoms with Crippen molar-refractivity contribution in [3.8, 4) is 0 Å². The Morgan fingerprint density at radius 1 is 1.50 bits per heavy atom. The van der Waals surface area contributed by atoms with Gasteiger partial charge < -0.3 is 10.1 Å². The normalized spacial score (nSPS) is 13.6. The molecule has 0 bridgehead atoms. The first-order chi connectivity index (χ1) is 6.41. The summed E-state index contributed by atoms with van der Waals surface area (Å²) in [5.74, 6) is -1.30. The van der Waals surface area contributed by atoms with E-state index in [1.165, 1.54) is 7.11 Å². The summed E-state index contributed by atoms with van der Waals surface area (Å²) in [6.45, 7) is 4.36. The van der Waals surface area contributed by atoms with Gasteiger partial charge in [0.25, 0.3) is 0 Å². The minimum atomic E-state index is -3.35. The molecule has 6 heteroatoms. The van der Waals surface area contributed by atoms with Crippen LogP contribution in [0.1, 0.15) is 13.8 Å². The molecule has 0 aromatic heterocycles. The Hall–Kier alpha value is -0.620. The molecule has 0 aromatic rings. The van der Waals surface area contributed by atoms with Crippen LogP contribution < -0.4 is 5.32 Å². The van der Waals surface area contributed by atoms with Crippen LogP contribution in [0.15, 0.2) is 0 Å². The highest BCUT2D eigenvalue weighted by atomic mass is 32.2. The van der Waals surface area contributed by atoms with E-state index in [2.05, 4.69) is 10.1 Å². The van der Waals surface area contributed by atoms with Gasteiger partial charge >= 0.3 is 5.97 Å². The predicted molar refractivity (Wildman–Crippen MR) is 53.8 cm³/mol. The van der Waals surface area contributed by atoms with Crippen molar-refractivity contribution in [2.24, 2.45) is 0 Å². The van der Waals surface area contributed by atoms with E-state index < -0.39 is 21.6 Å². The molecule has 0 aliphatic rings. The summed E-state index contributed by atoms with van der Waals surface area (Å²) in [4.78, 5) is 10.7. The fourth-order valence-corrected chi connectivity index (χ4v) is 2.56. The van der Waals surface area contributed by atoms with Crippen molar-refractivity contribution in [3.05, 3.63) is 0 Å². The fraction of sp³-hybridized carbons (Fsp3) is 0.875. The van der Waals surface area contributed by atoms with Gasteiger partial charge in [0.15, 0.2) is 9.84 Å². The van der Waals surface area contributed by atoms with Gasteiger partial charge in [0.1, 0.15) is 5.75 Å². The standard InChI is InChI=1S/C8H17NO4S/c1-4-9-7(2)5-14(11,12)6-8(10)13-3/h7,9H,4-6H2,1-3H3. The Kier molecular flexibility index (Phi) is 5.71. The second kappa shape index (κ2) is 5.98. The number of rotatable bonds is 6. The van der Waals surface area contributed by atoms with E-state index in [1.807, 2.05) is 6.92 Å². The number of hydrogen-bond acceptors (Lipinski definition) is 5. The molecule has 0 aliphatic heterocycles. The van der Waals surface area contributed by atoms with Crippen molar-refractivity contribution >= 4 is 15.8 Å². The van der Waals surface area contributed by atoms with Crippen LogP contribution in [0.3, 0.4) is 0 Å². The van der Waals surface area contributed by atoms with Gasteiger partial charge in [-0.3, -0.25) is 4.79 Å². The quantitative estimate of drug-likeness (QED) is 0.619. The number of ether oxygens (including phenoxy) is 1. The zero-order valence-corrected chi connectivity index (χ0v) is 9.56. The molecule has 5 nitrogen and oxygen atoms in total. The van der Waals surface area contributed by atoms with Gasteiger partial charge in [0.2, 0.25) is 0 Å². The molecule has 0 heterocycles. The molecule has 84 valence electrons. The summed E-state index contributed by atoms with van der Waals surface area (Å²) in [5, 5.41) is 2.96. The maximum absolute atomic E-state index is 11.3. The molecule has 0 radical (unpaired) electrons. The molecule has 0 aromatic carbocycles. The average Bonchev–Trinajstić information content (AvgIpc) is 2.02. The number of hydrogen-bond donors (Lipinski definition) is 1. The zero-order valence-electron chi connectivity index (χ0n) is 8.74. The van der Waals surface area contributed by atoms with E-state index in [-0.39, 0.29) is 11.8 Å². The van der Waals surface area contributed by atoms with Crippen LogP contribution in [0.4, 0.5) is 0 Å². The SMILES string of the molecule is CCNC(C)CS(=O)(=O)CC(=O)OC. The first-order valence-electron chi connectivity index (χ1n) is 4.42. The second-order valence-electron chi connectivity index (χ2n) is 3.09. The average molecular weight is 223 g/mol. The Morgan fingerprint density at radius 3 is 2.50 bits per heavy atom. The van der Waals surface area contributed by atoms with E-state index in [4.69, 9.17) is 0 Å². The molecule has 0 fully saturated rings. The molecular formula is C8H17NO4S. The van der Waals surface area contributed by atoms with Crippen molar-refractivity contribution < 1.29 is 17.9 Å². The Bertz CT molecular complexity index is 273. The smallest absolute Gasteiger partial charge is 0.320 e. The van der Waals surface area contributed by atoms with Gasteiger partial charge in [-0.05, 0) is 13.5 Å². The van der Waals surface area contributed by atoms with E-state index in [9.17, 15) is 13.2 Å². The van der Waals surface area contributed by atoms with Gasteiger partial charge in [-0.15, -0.1) is 0 Å². The van der Waals surface area contributed by atoms with Crippen LogP contribution >= 0.6 is 0 Å². The van der Waals surface area contributed by atoms with Crippen molar-refractivity contribution in [1.82, 2.24) is 5.32 Å². The Balaban J connectivity index is 4.14. The van der Waals surface area contributed by atoms with E-state index in [1.54, 1.807) is 6.92 Å². The second-order valence-corrected chi connectivity index (χ2v) is 5.20. The molecule has 1 N–H and O–H groups in total. The molecule has 0 spiro atoms. The van der Waals surface area contributed by atoms with Gasteiger partial charge in [0.05, 0.1) is 12.9 Å². The Morgan fingerprint density at radius 2 is 2.07 bits per heavy atom. The maximum Gasteiger partial charge on any atom is 0.320 e. The highest BCUT2D eigenvalue weighted by Crippen LogP contribution is 1.96. The van der Waals surface area contributed by atoms with Crippen LogP contribution in [0.25, 0.3) is 0 Å². The number of esters is 1. The molecule has 0 saturated heterocycles. The number of methoxy groups -OCH3 is 1. The van der Waals surface area contributed by atoms with E-state index >= 15 is 0 Å². The van der Waals surface area contributed by atoms with Gasteiger partial charge in [-0.25, -0.2) is 8.42 Å². The predicted octanol–water partition coefficient (Wildman–Crippen LogP) is -0.428. The van der Waals surface area contributed by atoms with E-state index in [0.717, 1.165) is 0 Å². The van der Waals surface area contributed by atoms with Crippen molar-refractivity contribution in [2.75, 3.05) is 25.2 Å². The topological polar surface area (TPSA) is 72.5 Å². The Labute approximate surface area is 84.7 Å². The molecule has 0 amide bonds. The number of sulfone groups is 1. The first kappa shape index (κ1) is 13.4. The summed E-state index contributed by atoms with van der Waals surface area (Å²) in [6, 6.07) is -0.144. The molecule has 0 aliphatic carbocycles. The van der Waals surface area contributed by atoms with Crippen molar-refractivity contribution in [2.45, 2.75) is 19.9 Å². The zero-order chi connectivity index (χ0) is 11.2. The lowest BCUT2D eigenvalue weighted by molar-refractivity contribution is -0.137. The summed E-state index contributed by atoms with van der Waals surface area (Å²) in [5.41, 5.74) is 0. The number of nitrogens with one attached hydrogen (secondary N) is 1. The molecule has 14 heavy (non-hydrogen) atoms. The fourth-order valence-electron chi connectivity index (χ4n) is 1.09. The minimum absolute atomic E-state index is 0.0457. The van der Waals surface area contributed by atoms with Crippen LogP contribution in [0.5, 0.6) is 0 Å². The molecule has 1 unspecified atom stereocenters. The van der Waals surface area contributed by atoms with Crippen molar-refractivity contribution in [3.63, 3.8) is 0 Å². The van der Waals surface area contributed by atoms with Crippen LogP contribution in [0, 0.1) is 0 Å². The number of carbonyl (C=O) groups excluding carboxylic acids is 1. The lowest BCUT2D eigenvalue weighted by atomic mass is 10.4. The monoisotopic (exact) mass is 223 g/mol. The minimum Gasteiger partial charge on any atom is -0.468 e. The van der Waals surface area contributed by atoms with Gasteiger partial charge in [-0.2, -0.15) is 0 Å². The van der Waals surface area contributed by atoms with Crippen LogP contribution in [0.2, 0.25) is 0 Å². The third-order valence-corrected chi connectivity index (χ3v) is 3.31. The van der Waals surface area contributed by atoms with Crippen LogP contribution in [-0.2, 0) is 19.4 Å². The lowest BCUT2D eigenvalue weighted by Crippen LogP contribution is -2.35. The third-order valence-electron chi connectivity index (χ3n) is 1.62. The van der Waals surface area contributed by atoms with Gasteiger partial charge in [0, 0.05) is 6.04 Å². The summed E-state index contributed by atoms with van der Waals surface area (Å²) < 4.78 is 27.0. The maximum atomic E-state index is 11.3. The van der Waals surface area contributed by atoms with E-state index in [0.29, 0.717) is 6.54 Å². The van der Waals surface area contributed by atoms with Crippen LogP contribution in [-0.4, -0.2) is 45.6 Å². The highest BCUT2D eigenvalue weighted by Gasteiger charge is 2.19. The summed E-state index contributed by atoms with van der Waals surface area (Å²) >= 11 is 0. The largest absolute Gasteiger partial charge is 0.468 e. The van der Waals surface area contributed by atoms with Crippen molar-refractivity contribution in [1.29, 1.82) is 0 Å². The number of carbonyl (C=O) groups is 1. The molecular weight excluding hydrogens is 206 g/mol. The highest BCUT2D eigenvalue weighted by molar-refractivity contribution is 7.92. The van der Waals surface area contributed by atoms with Gasteiger partial charge in [-0.1, -0.05) is 6.92 Å². The third kappa shape index (κ3) is 5.93. The summed E-state index contributed by atoms with van der Waals surface area (Å²) in [6.07, 6.45) is 0.